The second kappa shape index (κ2) is 8.36. The molecule has 22 heavy (non-hydrogen) atoms. The maximum Gasteiger partial charge on any atom is 0.339 e. The number of nitrogens with one attached hydrogen (secondary N) is 1. The molecule has 1 aromatic rings. The van der Waals surface area contributed by atoms with Crippen LogP contribution >= 0.6 is 45.8 Å². The fourth-order valence-electron chi connectivity index (χ4n) is 2.43. The van der Waals surface area contributed by atoms with Crippen LogP contribution in [0.1, 0.15) is 42.5 Å². The Kier molecular flexibility index (Phi) is 6.77. The van der Waals surface area contributed by atoms with Crippen LogP contribution in [0.4, 0.5) is 0 Å². The average molecular weight is 456 g/mol. The molecule has 1 aliphatic carbocycles. The Hall–Kier alpha value is -0.530. The first-order valence-corrected chi connectivity index (χ1v) is 8.92. The van der Waals surface area contributed by atoms with Gasteiger partial charge in [-0.15, -0.1) is 0 Å². The quantitative estimate of drug-likeness (QED) is 0.420. The lowest BCUT2D eigenvalue weighted by molar-refractivity contribution is -0.125. The van der Waals surface area contributed by atoms with Crippen molar-refractivity contribution < 1.29 is 14.3 Å². The maximum absolute atomic E-state index is 12.0. The summed E-state index contributed by atoms with van der Waals surface area (Å²) in [6.45, 7) is -0.296. The molecule has 1 N–H and O–H groups in total. The second-order valence-corrected chi connectivity index (χ2v) is 7.15. The van der Waals surface area contributed by atoms with Crippen LogP contribution in [-0.4, -0.2) is 24.5 Å². The van der Waals surface area contributed by atoms with E-state index in [2.05, 4.69) is 5.32 Å². The van der Waals surface area contributed by atoms with Crippen LogP contribution in [0.2, 0.25) is 10.0 Å². The summed E-state index contributed by atoms with van der Waals surface area (Å²) in [7, 11) is 0. The molecule has 0 heterocycles. The summed E-state index contributed by atoms with van der Waals surface area (Å²) in [4.78, 5) is 23.9. The molecule has 0 bridgehead atoms. The molecule has 4 nitrogen and oxygen atoms in total. The van der Waals surface area contributed by atoms with Gasteiger partial charge in [-0.1, -0.05) is 42.5 Å². The van der Waals surface area contributed by atoms with Gasteiger partial charge in [0.1, 0.15) is 0 Å². The van der Waals surface area contributed by atoms with Crippen LogP contribution in [0, 0.1) is 3.57 Å². The van der Waals surface area contributed by atoms with Crippen LogP contribution in [0.3, 0.4) is 0 Å². The summed E-state index contributed by atoms with van der Waals surface area (Å²) in [6.07, 6.45) is 5.45. The molecule has 1 aliphatic rings. The second-order valence-electron chi connectivity index (χ2n) is 5.23. The third kappa shape index (κ3) is 4.99. The average Bonchev–Trinajstić information content (AvgIpc) is 2.49. The highest BCUT2D eigenvalue weighted by Gasteiger charge is 2.19. The van der Waals surface area contributed by atoms with E-state index in [4.69, 9.17) is 27.9 Å². The van der Waals surface area contributed by atoms with E-state index in [1.54, 1.807) is 6.07 Å². The van der Waals surface area contributed by atoms with Gasteiger partial charge in [0.2, 0.25) is 0 Å². The van der Waals surface area contributed by atoms with Crippen LogP contribution in [-0.2, 0) is 9.53 Å². The zero-order chi connectivity index (χ0) is 16.1. The van der Waals surface area contributed by atoms with Gasteiger partial charge in [0, 0.05) is 14.6 Å². The molecule has 7 heteroatoms. The molecule has 0 aromatic heterocycles. The Morgan fingerprint density at radius 2 is 1.91 bits per heavy atom. The Balaban J connectivity index is 1.88. The number of ether oxygens (including phenoxy) is 1. The third-order valence-electron chi connectivity index (χ3n) is 3.52. The molecular weight excluding hydrogens is 440 g/mol. The SMILES string of the molecule is O=C(COC(=O)c1cc(Cl)cc(Cl)c1I)NC1CCCCC1. The van der Waals surface area contributed by atoms with Gasteiger partial charge >= 0.3 is 5.97 Å². The minimum Gasteiger partial charge on any atom is -0.452 e. The molecule has 0 saturated heterocycles. The van der Waals surface area contributed by atoms with Crippen molar-refractivity contribution >= 4 is 57.7 Å². The molecule has 1 aromatic carbocycles. The zero-order valence-corrected chi connectivity index (χ0v) is 15.5. The number of amides is 1. The molecule has 1 fully saturated rings. The predicted octanol–water partition coefficient (Wildman–Crippen LogP) is 4.20. The lowest BCUT2D eigenvalue weighted by Gasteiger charge is -2.22. The molecule has 120 valence electrons. The Morgan fingerprint density at radius 1 is 1.23 bits per heavy atom. The van der Waals surface area contributed by atoms with E-state index < -0.39 is 5.97 Å². The van der Waals surface area contributed by atoms with Crippen LogP contribution < -0.4 is 5.32 Å². The van der Waals surface area contributed by atoms with E-state index in [9.17, 15) is 9.59 Å². The standard InChI is InChI=1S/C15H16Cl2INO3/c16-9-6-11(14(18)12(17)7-9)15(21)22-8-13(20)19-10-4-2-1-3-5-10/h6-7,10H,1-5,8H2,(H,19,20). The molecular formula is C15H16Cl2INO3. The number of hydrogen-bond acceptors (Lipinski definition) is 3. The normalized spacial score (nSPS) is 15.4. The fraction of sp³-hybridized carbons (Fsp3) is 0.467. The molecule has 1 saturated carbocycles. The number of halogens is 3. The number of benzene rings is 1. The number of hydrogen-bond donors (Lipinski definition) is 1. The summed E-state index contributed by atoms with van der Waals surface area (Å²) < 4.78 is 5.61. The first-order chi connectivity index (χ1) is 10.5. The maximum atomic E-state index is 12.0. The highest BCUT2D eigenvalue weighted by Crippen LogP contribution is 2.27. The van der Waals surface area contributed by atoms with Crippen LogP contribution in [0.15, 0.2) is 12.1 Å². The van der Waals surface area contributed by atoms with Crippen LogP contribution in [0.5, 0.6) is 0 Å². The first-order valence-electron chi connectivity index (χ1n) is 7.08. The van der Waals surface area contributed by atoms with Gasteiger partial charge in [0.15, 0.2) is 6.61 Å². The molecule has 0 radical (unpaired) electrons. The van der Waals surface area contributed by atoms with Gasteiger partial charge in [0.05, 0.1) is 10.6 Å². The van der Waals surface area contributed by atoms with E-state index in [-0.39, 0.29) is 24.1 Å². The van der Waals surface area contributed by atoms with Gasteiger partial charge in [-0.25, -0.2) is 4.79 Å². The van der Waals surface area contributed by atoms with Crippen molar-refractivity contribution in [3.63, 3.8) is 0 Å². The monoisotopic (exact) mass is 455 g/mol. The summed E-state index contributed by atoms with van der Waals surface area (Å²) in [5, 5.41) is 3.63. The van der Waals surface area contributed by atoms with Crippen molar-refractivity contribution in [3.05, 3.63) is 31.3 Å². The van der Waals surface area contributed by atoms with Crippen LogP contribution in [0.25, 0.3) is 0 Å². The van der Waals surface area contributed by atoms with E-state index >= 15 is 0 Å². The van der Waals surface area contributed by atoms with Crippen molar-refractivity contribution in [2.45, 2.75) is 38.1 Å². The van der Waals surface area contributed by atoms with E-state index in [0.717, 1.165) is 25.7 Å². The lowest BCUT2D eigenvalue weighted by Crippen LogP contribution is -2.38. The topological polar surface area (TPSA) is 55.4 Å². The van der Waals surface area contributed by atoms with E-state index in [1.807, 2.05) is 22.6 Å². The van der Waals surface area contributed by atoms with Crippen molar-refractivity contribution in [3.8, 4) is 0 Å². The van der Waals surface area contributed by atoms with Gasteiger partial charge in [-0.3, -0.25) is 4.79 Å². The summed E-state index contributed by atoms with van der Waals surface area (Å²) in [5.74, 6) is -0.879. The Bertz CT molecular complexity index is 574. The molecule has 0 aliphatic heterocycles. The Labute approximate surface area is 153 Å². The number of carbonyl (C=O) groups excluding carboxylic acids is 2. The van der Waals surface area contributed by atoms with E-state index in [1.165, 1.54) is 12.5 Å². The molecule has 0 spiro atoms. The smallest absolute Gasteiger partial charge is 0.339 e. The highest BCUT2D eigenvalue weighted by molar-refractivity contribution is 14.1. The molecule has 0 atom stereocenters. The fourth-order valence-corrected chi connectivity index (χ4v) is 3.45. The van der Waals surface area contributed by atoms with Gasteiger partial charge in [0.25, 0.3) is 5.91 Å². The number of esters is 1. The summed E-state index contributed by atoms with van der Waals surface area (Å²) in [6, 6.07) is 3.23. The van der Waals surface area contributed by atoms with Gasteiger partial charge < -0.3 is 10.1 Å². The Morgan fingerprint density at radius 3 is 2.59 bits per heavy atom. The molecule has 0 unspecified atom stereocenters. The first kappa shape index (κ1) is 17.8. The lowest BCUT2D eigenvalue weighted by atomic mass is 9.95. The van der Waals surface area contributed by atoms with E-state index in [0.29, 0.717) is 13.6 Å². The van der Waals surface area contributed by atoms with Gasteiger partial charge in [-0.2, -0.15) is 0 Å². The summed E-state index contributed by atoms with van der Waals surface area (Å²) >= 11 is 13.8. The van der Waals surface area contributed by atoms with Crippen molar-refractivity contribution in [2.24, 2.45) is 0 Å². The minimum absolute atomic E-state index is 0.195. The van der Waals surface area contributed by atoms with Crippen molar-refractivity contribution in [1.82, 2.24) is 5.32 Å². The zero-order valence-electron chi connectivity index (χ0n) is 11.8. The van der Waals surface area contributed by atoms with Crippen molar-refractivity contribution in [2.75, 3.05) is 6.61 Å². The molecule has 1 amide bonds. The predicted molar refractivity (Wildman–Crippen MR) is 94.5 cm³/mol. The highest BCUT2D eigenvalue weighted by atomic mass is 127. The largest absolute Gasteiger partial charge is 0.452 e. The van der Waals surface area contributed by atoms with Crippen molar-refractivity contribution in [1.29, 1.82) is 0 Å². The molecule has 2 rings (SSSR count). The number of rotatable bonds is 4. The minimum atomic E-state index is -0.604. The van der Waals surface area contributed by atoms with Gasteiger partial charge in [-0.05, 0) is 47.6 Å². The third-order valence-corrected chi connectivity index (χ3v) is 5.51. The number of carbonyl (C=O) groups is 2. The summed E-state index contributed by atoms with van der Waals surface area (Å²) in [5.41, 5.74) is 0.267.